The number of phenolic OH excluding ortho intramolecular Hbond substituents is 3. The molecule has 0 aliphatic carbocycles. The highest BCUT2D eigenvalue weighted by Crippen LogP contribution is 2.04. The molecule has 0 bridgehead atoms. The van der Waals surface area contributed by atoms with Gasteiger partial charge in [0.2, 0.25) is 0 Å². The van der Waals surface area contributed by atoms with E-state index in [1.165, 1.54) is 25.7 Å². The average Bonchev–Trinajstić information content (AvgIpc) is 3.15. The first kappa shape index (κ1) is 56.8. The Labute approximate surface area is 304 Å². The van der Waals surface area contributed by atoms with Gasteiger partial charge in [0, 0.05) is 0 Å². The first-order valence-corrected chi connectivity index (χ1v) is 18.1. The smallest absolute Gasteiger partial charge is 0.115 e. The van der Waals surface area contributed by atoms with Gasteiger partial charge in [0.05, 0.1) is 0 Å². The predicted molar refractivity (Wildman–Crippen MR) is 224 cm³/mol. The van der Waals surface area contributed by atoms with E-state index in [1.54, 1.807) is 72.8 Å². The van der Waals surface area contributed by atoms with Gasteiger partial charge in [-0.05, 0) is 36.4 Å². The number of hydrogen-bond acceptors (Lipinski definition) is 3. The van der Waals surface area contributed by atoms with Crippen LogP contribution in [0.15, 0.2) is 164 Å². The van der Waals surface area contributed by atoms with E-state index >= 15 is 0 Å². The lowest BCUT2D eigenvalue weighted by molar-refractivity contribution is 0.475. The molecule has 49 heavy (non-hydrogen) atoms. The van der Waals surface area contributed by atoms with Crippen LogP contribution in [0.5, 0.6) is 17.2 Å². The van der Waals surface area contributed by atoms with E-state index in [1.807, 2.05) is 119 Å². The summed E-state index contributed by atoms with van der Waals surface area (Å²) in [6, 6.07) is 50.1. The van der Waals surface area contributed by atoms with E-state index < -0.39 is 0 Å². The zero-order valence-electron chi connectivity index (χ0n) is 33.3. The first-order valence-electron chi connectivity index (χ1n) is 18.1. The molecule has 3 N–H and O–H groups in total. The van der Waals surface area contributed by atoms with Gasteiger partial charge >= 0.3 is 0 Å². The zero-order chi connectivity index (χ0) is 38.7. The third kappa shape index (κ3) is 75.5. The average molecular weight is 675 g/mol. The Hall–Kier alpha value is -4.50. The van der Waals surface area contributed by atoms with Crippen molar-refractivity contribution in [3.63, 3.8) is 0 Å². The van der Waals surface area contributed by atoms with Gasteiger partial charge in [-0.15, -0.1) is 0 Å². The van der Waals surface area contributed by atoms with Crippen molar-refractivity contribution in [2.75, 3.05) is 0 Å². The zero-order valence-corrected chi connectivity index (χ0v) is 33.3. The fourth-order valence-electron chi connectivity index (χ4n) is 2.05. The molecule has 276 valence electrons. The number of rotatable bonds is 0. The van der Waals surface area contributed by atoms with Gasteiger partial charge in [0.15, 0.2) is 0 Å². The maximum absolute atomic E-state index is 8.63. The van der Waals surface area contributed by atoms with Crippen molar-refractivity contribution in [3.05, 3.63) is 164 Å². The standard InChI is InChI=1S/3C6H6O.2C6H6.4C3H8.2C2H6/c3*7-6-4-2-1-3-5-6;2*1-2-4-6-5-3-1;4*1-3-2;2*1-2/h3*1-5,7H;2*1-6H;4*3H2,1-2H3;2*1-2H3. The molecular weight excluding hydrogens is 601 g/mol. The van der Waals surface area contributed by atoms with E-state index in [2.05, 4.69) is 55.4 Å². The molecule has 0 amide bonds. The second-order valence-corrected chi connectivity index (χ2v) is 9.14. The molecule has 3 nitrogen and oxygen atoms in total. The molecule has 3 heteroatoms. The number of para-hydroxylation sites is 3. The Morgan fingerprint density at radius 1 is 0.245 bits per heavy atom. The first-order chi connectivity index (χ1) is 23.8. The second kappa shape index (κ2) is 62.3. The topological polar surface area (TPSA) is 60.7 Å². The molecule has 0 saturated carbocycles. The molecule has 5 aromatic carbocycles. The van der Waals surface area contributed by atoms with Gasteiger partial charge in [0.1, 0.15) is 17.2 Å². The normalized spacial score (nSPS) is 7.35. The van der Waals surface area contributed by atoms with Crippen LogP contribution < -0.4 is 0 Å². The van der Waals surface area contributed by atoms with Crippen LogP contribution in [0.25, 0.3) is 0 Å². The highest BCUT2D eigenvalue weighted by molar-refractivity contribution is 5.19. The molecule has 0 aromatic heterocycles. The molecule has 0 unspecified atom stereocenters. The summed E-state index contributed by atoms with van der Waals surface area (Å²) >= 11 is 0. The lowest BCUT2D eigenvalue weighted by Gasteiger charge is -1.82. The summed E-state index contributed by atoms with van der Waals surface area (Å²) in [6.45, 7) is 25.0. The fraction of sp³-hybridized carbons (Fsp3) is 0.348. The van der Waals surface area contributed by atoms with E-state index in [0.717, 1.165) is 0 Å². The minimum atomic E-state index is 0.322. The van der Waals surface area contributed by atoms with Crippen molar-refractivity contribution in [3.8, 4) is 17.2 Å². The van der Waals surface area contributed by atoms with Crippen LogP contribution in [0.2, 0.25) is 0 Å². The van der Waals surface area contributed by atoms with Crippen LogP contribution in [0, 0.1) is 0 Å². The Bertz CT molecular complexity index is 891. The second-order valence-electron chi connectivity index (χ2n) is 9.14. The molecule has 0 atom stereocenters. The van der Waals surface area contributed by atoms with Gasteiger partial charge in [-0.1, -0.05) is 236 Å². The summed E-state index contributed by atoms with van der Waals surface area (Å²) in [5.41, 5.74) is 0. The highest BCUT2D eigenvalue weighted by Gasteiger charge is 1.76. The van der Waals surface area contributed by atoms with E-state index in [-0.39, 0.29) is 0 Å². The minimum absolute atomic E-state index is 0.322. The maximum atomic E-state index is 8.63. The molecule has 0 fully saturated rings. The van der Waals surface area contributed by atoms with Gasteiger partial charge in [-0.3, -0.25) is 0 Å². The summed E-state index contributed by atoms with van der Waals surface area (Å²) in [5, 5.41) is 25.9. The summed E-state index contributed by atoms with van der Waals surface area (Å²) in [6.07, 6.45) is 5.00. The molecule has 0 aliphatic heterocycles. The summed E-state index contributed by atoms with van der Waals surface area (Å²) in [5.74, 6) is 0.965. The molecule has 0 spiro atoms. The van der Waals surface area contributed by atoms with E-state index in [9.17, 15) is 0 Å². The van der Waals surface area contributed by atoms with Gasteiger partial charge in [0.25, 0.3) is 0 Å². The van der Waals surface area contributed by atoms with Crippen molar-refractivity contribution in [1.82, 2.24) is 0 Å². The van der Waals surface area contributed by atoms with Crippen molar-refractivity contribution in [2.45, 2.75) is 109 Å². The fourth-order valence-corrected chi connectivity index (χ4v) is 2.05. The van der Waals surface area contributed by atoms with Crippen LogP contribution in [-0.4, -0.2) is 15.3 Å². The molecule has 0 saturated heterocycles. The highest BCUT2D eigenvalue weighted by atomic mass is 16.3. The van der Waals surface area contributed by atoms with Crippen LogP contribution in [0.1, 0.15) is 109 Å². The molecule has 5 rings (SSSR count). The number of benzene rings is 5. The Balaban J connectivity index is -0.000000107. The van der Waals surface area contributed by atoms with Crippen molar-refractivity contribution >= 4 is 0 Å². The third-order valence-corrected chi connectivity index (χ3v) is 3.60. The molecule has 0 aliphatic rings. The van der Waals surface area contributed by atoms with Crippen molar-refractivity contribution in [2.24, 2.45) is 0 Å². The van der Waals surface area contributed by atoms with Crippen LogP contribution >= 0.6 is 0 Å². The van der Waals surface area contributed by atoms with Crippen molar-refractivity contribution in [1.29, 1.82) is 0 Å². The van der Waals surface area contributed by atoms with Gasteiger partial charge < -0.3 is 15.3 Å². The Kier molecular flexibility index (Phi) is 72.3. The maximum Gasteiger partial charge on any atom is 0.115 e. The van der Waals surface area contributed by atoms with Gasteiger partial charge in [-0.2, -0.15) is 0 Å². The predicted octanol–water partition coefficient (Wildman–Crippen LogP) is 15.3. The summed E-state index contributed by atoms with van der Waals surface area (Å²) in [4.78, 5) is 0. The lowest BCUT2D eigenvalue weighted by Crippen LogP contribution is -1.56. The Morgan fingerprint density at radius 2 is 0.327 bits per heavy atom. The Morgan fingerprint density at radius 3 is 0.388 bits per heavy atom. The molecule has 5 aromatic rings. The summed E-state index contributed by atoms with van der Waals surface area (Å²) in [7, 11) is 0. The van der Waals surface area contributed by atoms with E-state index in [0.29, 0.717) is 17.2 Å². The van der Waals surface area contributed by atoms with Gasteiger partial charge in [-0.25, -0.2) is 0 Å². The van der Waals surface area contributed by atoms with Crippen LogP contribution in [0.3, 0.4) is 0 Å². The largest absolute Gasteiger partial charge is 0.508 e. The summed E-state index contributed by atoms with van der Waals surface area (Å²) < 4.78 is 0. The molecule has 0 radical (unpaired) electrons. The minimum Gasteiger partial charge on any atom is -0.508 e. The number of hydrogen-bond donors (Lipinski definition) is 3. The van der Waals surface area contributed by atoms with Crippen LogP contribution in [-0.2, 0) is 0 Å². The quantitative estimate of drug-likeness (QED) is 0.153. The third-order valence-electron chi connectivity index (χ3n) is 3.60. The van der Waals surface area contributed by atoms with E-state index in [4.69, 9.17) is 15.3 Å². The molecule has 0 heterocycles. The monoisotopic (exact) mass is 675 g/mol. The van der Waals surface area contributed by atoms with Crippen LogP contribution in [0.4, 0.5) is 0 Å². The lowest BCUT2D eigenvalue weighted by atomic mass is 10.3. The number of aromatic hydroxyl groups is 3. The number of phenols is 3. The SMILES string of the molecule is CC.CC.CCC.CCC.CCC.CCC.Oc1ccccc1.Oc1ccccc1.Oc1ccccc1.c1ccccc1.c1ccccc1. The van der Waals surface area contributed by atoms with Crippen molar-refractivity contribution < 1.29 is 15.3 Å². The molecular formula is C46H74O3.